The molecular weight excluding hydrogens is 458 g/mol. The van der Waals surface area contributed by atoms with Gasteiger partial charge in [0.2, 0.25) is 5.91 Å². The van der Waals surface area contributed by atoms with Crippen molar-refractivity contribution >= 4 is 17.7 Å². The molecule has 0 aromatic heterocycles. The SMILES string of the molecule is CCCCNC(=O)C(C)CC(O)C1C[C@H](C)C/C=C\CN(CC)C(=O)c2cc(OC)cc(c2)C(=O)N1. The molecule has 1 aliphatic heterocycles. The molecule has 0 spiro atoms. The molecule has 0 fully saturated rings. The number of aliphatic hydroxyl groups excluding tert-OH is 1. The van der Waals surface area contributed by atoms with Crippen molar-refractivity contribution in [1.82, 2.24) is 15.5 Å². The molecule has 2 bridgehead atoms. The fourth-order valence-electron chi connectivity index (χ4n) is 4.33. The fraction of sp³-hybridized carbons (Fsp3) is 0.607. The number of nitrogens with zero attached hydrogens (tertiary/aromatic N) is 1. The van der Waals surface area contributed by atoms with E-state index in [4.69, 9.17) is 4.74 Å². The van der Waals surface area contributed by atoms with Gasteiger partial charge >= 0.3 is 0 Å². The van der Waals surface area contributed by atoms with Gasteiger partial charge in [-0.2, -0.15) is 0 Å². The first-order valence-corrected chi connectivity index (χ1v) is 13.1. The van der Waals surface area contributed by atoms with E-state index in [1.54, 1.807) is 30.0 Å². The lowest BCUT2D eigenvalue weighted by molar-refractivity contribution is -0.125. The van der Waals surface area contributed by atoms with Gasteiger partial charge < -0.3 is 25.4 Å². The lowest BCUT2D eigenvalue weighted by Gasteiger charge is -2.28. The summed E-state index contributed by atoms with van der Waals surface area (Å²) in [5.41, 5.74) is 0.659. The number of hydrogen-bond donors (Lipinski definition) is 3. The fourth-order valence-corrected chi connectivity index (χ4v) is 4.33. The summed E-state index contributed by atoms with van der Waals surface area (Å²) in [6.45, 7) is 9.46. The van der Waals surface area contributed by atoms with E-state index >= 15 is 0 Å². The standard InChI is InChI=1S/C28H43N3O5/c1-6-8-12-29-26(33)20(4)15-25(32)24-14-19(3)11-9-10-13-31(7-2)28(35)22-16-21(27(34)30-24)17-23(18-22)36-5/h9-10,16-20,24-25,32H,6-8,11-15H2,1-5H3,(H,29,33)(H,30,34)/b10-9-/t19-,20?,24?,25?/m1/s1. The number of aliphatic hydroxyl groups is 1. The number of ether oxygens (including phenoxy) is 1. The molecule has 2 rings (SSSR count). The van der Waals surface area contributed by atoms with Crippen LogP contribution in [-0.4, -0.2) is 66.6 Å². The van der Waals surface area contributed by atoms with E-state index in [1.165, 1.54) is 7.11 Å². The Morgan fingerprint density at radius 2 is 1.94 bits per heavy atom. The Labute approximate surface area is 215 Å². The Balaban J connectivity index is 2.30. The molecule has 0 saturated heterocycles. The minimum absolute atomic E-state index is 0.0953. The number of fused-ring (bicyclic) bond motifs is 2. The van der Waals surface area contributed by atoms with Gasteiger partial charge in [0.15, 0.2) is 0 Å². The van der Waals surface area contributed by atoms with Gasteiger partial charge in [0.25, 0.3) is 11.8 Å². The number of unbranched alkanes of at least 4 members (excludes halogenated alkanes) is 1. The second-order valence-electron chi connectivity index (χ2n) is 9.77. The Morgan fingerprint density at radius 1 is 1.22 bits per heavy atom. The van der Waals surface area contributed by atoms with Crippen LogP contribution in [0.15, 0.2) is 30.4 Å². The van der Waals surface area contributed by atoms with Gasteiger partial charge in [-0.15, -0.1) is 0 Å². The highest BCUT2D eigenvalue weighted by molar-refractivity contribution is 6.00. The van der Waals surface area contributed by atoms with Crippen molar-refractivity contribution in [2.45, 2.75) is 71.9 Å². The largest absolute Gasteiger partial charge is 0.497 e. The second kappa shape index (κ2) is 14.6. The van der Waals surface area contributed by atoms with Gasteiger partial charge in [-0.05, 0) is 56.7 Å². The number of carbonyl (C=O) groups is 3. The summed E-state index contributed by atoms with van der Waals surface area (Å²) >= 11 is 0. The average Bonchev–Trinajstić information content (AvgIpc) is 2.87. The summed E-state index contributed by atoms with van der Waals surface area (Å²) < 4.78 is 5.36. The van der Waals surface area contributed by atoms with E-state index in [0.29, 0.717) is 37.4 Å². The van der Waals surface area contributed by atoms with Crippen LogP contribution in [0.1, 0.15) is 80.5 Å². The number of rotatable bonds is 9. The van der Waals surface area contributed by atoms with Gasteiger partial charge in [0, 0.05) is 36.7 Å². The van der Waals surface area contributed by atoms with Crippen molar-refractivity contribution in [2.75, 3.05) is 26.7 Å². The van der Waals surface area contributed by atoms with E-state index < -0.39 is 24.0 Å². The zero-order chi connectivity index (χ0) is 26.7. The van der Waals surface area contributed by atoms with Crippen molar-refractivity contribution in [1.29, 1.82) is 0 Å². The summed E-state index contributed by atoms with van der Waals surface area (Å²) in [6, 6.07) is 4.23. The molecule has 3 unspecified atom stereocenters. The number of nitrogens with one attached hydrogen (secondary N) is 2. The van der Waals surface area contributed by atoms with E-state index in [0.717, 1.165) is 19.3 Å². The second-order valence-corrected chi connectivity index (χ2v) is 9.77. The molecular formula is C28H43N3O5. The van der Waals surface area contributed by atoms with Crippen LogP contribution in [0.2, 0.25) is 0 Å². The zero-order valence-corrected chi connectivity index (χ0v) is 22.4. The third-order valence-electron chi connectivity index (χ3n) is 6.66. The Kier molecular flexibility index (Phi) is 11.9. The van der Waals surface area contributed by atoms with Crippen LogP contribution < -0.4 is 15.4 Å². The number of amides is 3. The molecule has 3 amide bonds. The number of benzene rings is 1. The molecule has 0 aliphatic carbocycles. The topological polar surface area (TPSA) is 108 Å². The first kappa shape index (κ1) is 29.4. The number of allylic oxidation sites excluding steroid dienone is 1. The highest BCUT2D eigenvalue weighted by Crippen LogP contribution is 2.22. The van der Waals surface area contributed by atoms with Crippen LogP contribution in [0.5, 0.6) is 5.75 Å². The van der Waals surface area contributed by atoms with Crippen LogP contribution in [-0.2, 0) is 4.79 Å². The number of likely N-dealkylation sites (N-methyl/N-ethyl adjacent to an activating group) is 1. The summed E-state index contributed by atoms with van der Waals surface area (Å²) in [6.07, 6.45) is 6.56. The molecule has 1 heterocycles. The van der Waals surface area contributed by atoms with Crippen LogP contribution in [0.25, 0.3) is 0 Å². The lowest BCUT2D eigenvalue weighted by atomic mass is 9.90. The van der Waals surface area contributed by atoms with Crippen molar-refractivity contribution < 1.29 is 24.2 Å². The molecule has 0 saturated carbocycles. The quantitative estimate of drug-likeness (QED) is 0.354. The number of carbonyl (C=O) groups excluding carboxylic acids is 3. The number of hydrogen-bond acceptors (Lipinski definition) is 5. The van der Waals surface area contributed by atoms with Crippen molar-refractivity contribution in [2.24, 2.45) is 11.8 Å². The van der Waals surface area contributed by atoms with E-state index in [1.807, 2.05) is 19.1 Å². The molecule has 1 aromatic rings. The van der Waals surface area contributed by atoms with Crippen LogP contribution in [0, 0.1) is 11.8 Å². The van der Waals surface area contributed by atoms with Crippen molar-refractivity contribution in [3.05, 3.63) is 41.5 Å². The first-order valence-electron chi connectivity index (χ1n) is 13.1. The minimum Gasteiger partial charge on any atom is -0.497 e. The summed E-state index contributed by atoms with van der Waals surface area (Å²) in [4.78, 5) is 40.6. The summed E-state index contributed by atoms with van der Waals surface area (Å²) in [5, 5.41) is 17.0. The predicted octanol–water partition coefficient (Wildman–Crippen LogP) is 3.55. The molecule has 8 nitrogen and oxygen atoms in total. The van der Waals surface area contributed by atoms with Gasteiger partial charge in [-0.1, -0.05) is 39.3 Å². The molecule has 0 radical (unpaired) electrons. The molecule has 4 atom stereocenters. The maximum Gasteiger partial charge on any atom is 0.254 e. The average molecular weight is 502 g/mol. The lowest BCUT2D eigenvalue weighted by Crippen LogP contribution is -2.46. The van der Waals surface area contributed by atoms with Crippen molar-refractivity contribution in [3.8, 4) is 5.75 Å². The van der Waals surface area contributed by atoms with E-state index in [-0.39, 0.29) is 29.7 Å². The zero-order valence-electron chi connectivity index (χ0n) is 22.4. The molecule has 1 aromatic carbocycles. The normalized spacial score (nSPS) is 21.7. The summed E-state index contributed by atoms with van der Waals surface area (Å²) in [7, 11) is 1.49. The van der Waals surface area contributed by atoms with E-state index in [2.05, 4.69) is 24.5 Å². The predicted molar refractivity (Wildman–Crippen MR) is 141 cm³/mol. The van der Waals surface area contributed by atoms with E-state index in [9.17, 15) is 19.5 Å². The Morgan fingerprint density at radius 3 is 2.61 bits per heavy atom. The molecule has 1 aliphatic rings. The molecule has 8 heteroatoms. The molecule has 36 heavy (non-hydrogen) atoms. The Hall–Kier alpha value is -2.87. The van der Waals surface area contributed by atoms with Gasteiger partial charge in [0.05, 0.1) is 19.3 Å². The minimum atomic E-state index is -0.900. The van der Waals surface area contributed by atoms with Gasteiger partial charge in [-0.3, -0.25) is 14.4 Å². The highest BCUT2D eigenvalue weighted by atomic mass is 16.5. The first-order chi connectivity index (χ1) is 17.2. The molecule has 200 valence electrons. The van der Waals surface area contributed by atoms with Crippen LogP contribution >= 0.6 is 0 Å². The summed E-state index contributed by atoms with van der Waals surface area (Å²) in [5.74, 6) is -0.480. The monoisotopic (exact) mass is 501 g/mol. The van der Waals surface area contributed by atoms with Crippen LogP contribution in [0.3, 0.4) is 0 Å². The maximum absolute atomic E-state index is 13.3. The smallest absolute Gasteiger partial charge is 0.254 e. The molecule has 3 N–H and O–H groups in total. The highest BCUT2D eigenvalue weighted by Gasteiger charge is 2.28. The number of methoxy groups -OCH3 is 1. The van der Waals surface area contributed by atoms with Crippen molar-refractivity contribution in [3.63, 3.8) is 0 Å². The third-order valence-corrected chi connectivity index (χ3v) is 6.66. The third kappa shape index (κ3) is 8.66. The Bertz CT molecular complexity index is 916. The maximum atomic E-state index is 13.3. The van der Waals surface area contributed by atoms with Gasteiger partial charge in [0.1, 0.15) is 5.75 Å². The van der Waals surface area contributed by atoms with Gasteiger partial charge in [-0.25, -0.2) is 0 Å². The van der Waals surface area contributed by atoms with Crippen LogP contribution in [0.4, 0.5) is 0 Å².